The fourth-order valence-corrected chi connectivity index (χ4v) is 9.57. The molecule has 0 aromatic heterocycles. The van der Waals surface area contributed by atoms with Crippen LogP contribution >= 0.6 is 0 Å². The molecule has 10 heteroatoms. The van der Waals surface area contributed by atoms with Gasteiger partial charge in [0.2, 0.25) is 5.79 Å². The fourth-order valence-electron chi connectivity index (χ4n) is 9.57. The third-order valence-electron chi connectivity index (χ3n) is 11.3. The lowest BCUT2D eigenvalue weighted by Crippen LogP contribution is -2.53. The first-order chi connectivity index (χ1) is 18.3. The topological polar surface area (TPSA) is 138 Å². The second-order valence-electron chi connectivity index (χ2n) is 13.4. The van der Waals surface area contributed by atoms with Crippen molar-refractivity contribution in [1.29, 1.82) is 0 Å². The molecule has 2 aliphatic carbocycles. The molecule has 212 valence electrons. The number of fused-ring (bicyclic) bond motifs is 5. The van der Waals surface area contributed by atoms with E-state index in [9.17, 15) is 24.6 Å². The number of hydrogen-bond donors (Lipinski definition) is 2. The molecule has 0 bridgehead atoms. The largest absolute Gasteiger partial charge is 0.456 e. The van der Waals surface area contributed by atoms with Crippen LogP contribution in [0.15, 0.2) is 23.5 Å². The third-order valence-corrected chi connectivity index (χ3v) is 11.3. The Morgan fingerprint density at radius 2 is 1.87 bits per heavy atom. The number of esters is 3. The molecule has 11 atom stereocenters. The van der Waals surface area contributed by atoms with Crippen molar-refractivity contribution in [3.05, 3.63) is 23.5 Å². The smallest absolute Gasteiger partial charge is 0.339 e. The third kappa shape index (κ3) is 3.09. The van der Waals surface area contributed by atoms with Crippen molar-refractivity contribution in [1.82, 2.24) is 0 Å². The van der Waals surface area contributed by atoms with Gasteiger partial charge >= 0.3 is 17.9 Å². The van der Waals surface area contributed by atoms with E-state index in [1.165, 1.54) is 0 Å². The summed E-state index contributed by atoms with van der Waals surface area (Å²) < 4.78 is 30.5. The van der Waals surface area contributed by atoms with Gasteiger partial charge in [0.25, 0.3) is 0 Å². The van der Waals surface area contributed by atoms with Crippen molar-refractivity contribution >= 4 is 17.9 Å². The van der Waals surface area contributed by atoms with Crippen molar-refractivity contribution in [3.63, 3.8) is 0 Å². The summed E-state index contributed by atoms with van der Waals surface area (Å²) in [5.74, 6) is -3.13. The van der Waals surface area contributed by atoms with Crippen LogP contribution in [0.3, 0.4) is 0 Å². The maximum Gasteiger partial charge on any atom is 0.339 e. The zero-order chi connectivity index (χ0) is 27.8. The van der Waals surface area contributed by atoms with Crippen molar-refractivity contribution < 1.29 is 48.3 Å². The number of cyclic esters (lactones) is 1. The van der Waals surface area contributed by atoms with Gasteiger partial charge in [-0.25, -0.2) is 4.79 Å². The highest BCUT2D eigenvalue weighted by Gasteiger charge is 2.79. The van der Waals surface area contributed by atoms with Crippen LogP contribution in [0.5, 0.6) is 0 Å². The van der Waals surface area contributed by atoms with Crippen molar-refractivity contribution in [2.24, 2.45) is 29.1 Å². The molecular formula is C29H36O10. The molecule has 4 saturated heterocycles. The Labute approximate surface area is 226 Å². The van der Waals surface area contributed by atoms with Gasteiger partial charge in [0, 0.05) is 41.1 Å². The van der Waals surface area contributed by atoms with E-state index < -0.39 is 46.0 Å². The van der Waals surface area contributed by atoms with Gasteiger partial charge in [-0.3, -0.25) is 9.59 Å². The van der Waals surface area contributed by atoms with Crippen LogP contribution in [0.2, 0.25) is 0 Å². The number of aliphatic hydroxyl groups is 2. The molecule has 0 unspecified atom stereocenters. The second-order valence-corrected chi connectivity index (χ2v) is 13.4. The average molecular weight is 545 g/mol. The van der Waals surface area contributed by atoms with Crippen molar-refractivity contribution in [2.75, 3.05) is 6.61 Å². The number of aliphatic hydroxyl groups excluding tert-OH is 1. The number of carbonyl (C=O) groups excluding carboxylic acids is 3. The zero-order valence-electron chi connectivity index (χ0n) is 22.7. The van der Waals surface area contributed by atoms with Gasteiger partial charge in [-0.1, -0.05) is 13.8 Å². The number of allylic oxidation sites excluding steroid dienone is 1. The van der Waals surface area contributed by atoms with Crippen LogP contribution in [-0.4, -0.2) is 69.5 Å². The van der Waals surface area contributed by atoms with Gasteiger partial charge in [0.05, 0.1) is 36.8 Å². The fraction of sp³-hybridized carbons (Fsp3) is 0.759. The molecule has 0 amide bonds. The normalized spacial score (nSPS) is 53.3. The summed E-state index contributed by atoms with van der Waals surface area (Å²) in [6, 6.07) is 0. The number of carbonyl (C=O) groups is 3. The van der Waals surface area contributed by atoms with E-state index >= 15 is 0 Å². The molecule has 39 heavy (non-hydrogen) atoms. The molecule has 1 spiro atoms. The van der Waals surface area contributed by atoms with E-state index in [1.807, 2.05) is 20.8 Å². The van der Waals surface area contributed by atoms with Crippen molar-refractivity contribution in [2.45, 2.75) is 101 Å². The minimum Gasteiger partial charge on any atom is -0.456 e. The Morgan fingerprint density at radius 1 is 1.10 bits per heavy atom. The van der Waals surface area contributed by atoms with E-state index in [4.69, 9.17) is 23.7 Å². The minimum absolute atomic E-state index is 0.101. The number of rotatable bonds is 3. The van der Waals surface area contributed by atoms with Crippen LogP contribution in [0.25, 0.3) is 0 Å². The van der Waals surface area contributed by atoms with E-state index in [-0.39, 0.29) is 61.7 Å². The lowest BCUT2D eigenvalue weighted by molar-refractivity contribution is -0.257. The lowest BCUT2D eigenvalue weighted by atomic mass is 9.66. The quantitative estimate of drug-likeness (QED) is 0.401. The van der Waals surface area contributed by atoms with Gasteiger partial charge < -0.3 is 33.9 Å². The van der Waals surface area contributed by atoms with Gasteiger partial charge in [0.15, 0.2) is 0 Å². The van der Waals surface area contributed by atoms with Crippen LogP contribution in [0.1, 0.15) is 66.2 Å². The van der Waals surface area contributed by atoms with Crippen LogP contribution in [0.4, 0.5) is 0 Å². The summed E-state index contributed by atoms with van der Waals surface area (Å²) in [6.45, 7) is 7.22. The van der Waals surface area contributed by atoms with Crippen molar-refractivity contribution in [3.8, 4) is 0 Å². The molecule has 2 saturated carbocycles. The van der Waals surface area contributed by atoms with Crippen LogP contribution < -0.4 is 0 Å². The highest BCUT2D eigenvalue weighted by atomic mass is 16.7. The van der Waals surface area contributed by atoms with E-state index in [0.717, 1.165) is 0 Å². The van der Waals surface area contributed by atoms with E-state index in [2.05, 4.69) is 0 Å². The predicted molar refractivity (Wildman–Crippen MR) is 131 cm³/mol. The average Bonchev–Trinajstić information content (AvgIpc) is 3.56. The Balaban J connectivity index is 1.24. The maximum atomic E-state index is 12.8. The summed E-state index contributed by atoms with van der Waals surface area (Å²) in [4.78, 5) is 37.2. The molecule has 0 radical (unpaired) electrons. The highest BCUT2D eigenvalue weighted by Crippen LogP contribution is 2.70. The Bertz CT molecular complexity index is 1240. The monoisotopic (exact) mass is 544 g/mol. The van der Waals surface area contributed by atoms with E-state index in [1.54, 1.807) is 19.1 Å². The van der Waals surface area contributed by atoms with Crippen LogP contribution in [0, 0.1) is 29.1 Å². The molecule has 10 nitrogen and oxygen atoms in total. The lowest BCUT2D eigenvalue weighted by Gasteiger charge is -2.43. The Hall–Kier alpha value is -2.27. The molecule has 2 N–H and O–H groups in total. The minimum atomic E-state index is -1.27. The molecule has 7 aliphatic rings. The molecule has 6 fully saturated rings. The summed E-state index contributed by atoms with van der Waals surface area (Å²) in [5.41, 5.74) is -3.32. The standard InChI is InChI=1S/C29H36O10/c1-14-7-16(35-24(14)33)8-15(2)29-25(3,11-22(32)38-29)18-10-27(34)12-28-19(6-5-17(27)23(18)39-29)26(4,13-30)36-20(28)9-21(31)37-28/h7-8,15,17-20,23,30,34H,5-6,9-13H2,1-4H3/t15-,17-,18+,19+,20-,23-,25-,26+,27+,28-,29+/m1/s1. The molecule has 0 aromatic carbocycles. The highest BCUT2D eigenvalue weighted by molar-refractivity contribution is 5.92. The maximum absolute atomic E-state index is 12.8. The predicted octanol–water partition coefficient (Wildman–Crippen LogP) is 2.06. The summed E-state index contributed by atoms with van der Waals surface area (Å²) in [7, 11) is 0. The molecule has 0 aromatic rings. The number of hydrogen-bond acceptors (Lipinski definition) is 10. The molecular weight excluding hydrogens is 508 g/mol. The van der Waals surface area contributed by atoms with Crippen LogP contribution in [-0.2, 0) is 38.1 Å². The first kappa shape index (κ1) is 25.7. The zero-order valence-corrected chi connectivity index (χ0v) is 22.7. The SMILES string of the molecule is CC1=CC(=C[C@@H](C)[C@@]23OC(=O)C[C@]2(C)[C@H]2C[C@]4(O)C[C@]56OC(=O)C[C@H]5O[C@@](C)(CO)[C@@H]6CC[C@@H]4[C@H]2O3)OC1=O. The molecule has 5 aliphatic heterocycles. The van der Waals surface area contributed by atoms with Gasteiger partial charge in [0.1, 0.15) is 17.5 Å². The number of ether oxygens (including phenoxy) is 5. The summed E-state index contributed by atoms with van der Waals surface area (Å²) in [5, 5.41) is 22.6. The van der Waals surface area contributed by atoms with E-state index in [0.29, 0.717) is 30.6 Å². The summed E-state index contributed by atoms with van der Waals surface area (Å²) in [6.07, 6.45) is 4.52. The van der Waals surface area contributed by atoms with Gasteiger partial charge in [-0.2, -0.15) is 0 Å². The summed E-state index contributed by atoms with van der Waals surface area (Å²) >= 11 is 0. The molecule has 7 rings (SSSR count). The Morgan fingerprint density at radius 3 is 2.56 bits per heavy atom. The van der Waals surface area contributed by atoms with Gasteiger partial charge in [-0.15, -0.1) is 0 Å². The Kier molecular flexibility index (Phi) is 5.08. The first-order valence-electron chi connectivity index (χ1n) is 14.0. The second kappa shape index (κ2) is 7.72. The first-order valence-corrected chi connectivity index (χ1v) is 14.0. The van der Waals surface area contributed by atoms with Gasteiger partial charge in [-0.05, 0) is 45.3 Å². The molecule has 5 heterocycles.